The van der Waals surface area contributed by atoms with Crippen LogP contribution >= 0.6 is 11.3 Å². The minimum absolute atomic E-state index is 0.0809. The molecule has 0 aliphatic carbocycles. The number of aliphatic imine (C=N–C) groups is 2. The lowest BCUT2D eigenvalue weighted by Gasteiger charge is -2.32. The van der Waals surface area contributed by atoms with Gasteiger partial charge in [0.1, 0.15) is 5.60 Å². The molecule has 1 atom stereocenters. The van der Waals surface area contributed by atoms with Crippen LogP contribution in [0.25, 0.3) is 0 Å². The number of aromatic nitrogens is 2. The molecular weight excluding hydrogens is 655 g/mol. The fourth-order valence-corrected chi connectivity index (χ4v) is 8.02. The Labute approximate surface area is 285 Å². The van der Waals surface area contributed by atoms with Gasteiger partial charge < -0.3 is 25.2 Å². The molecule has 4 aliphatic heterocycles. The van der Waals surface area contributed by atoms with E-state index < -0.39 is 15.6 Å². The van der Waals surface area contributed by atoms with E-state index in [1.807, 2.05) is 59.4 Å². The molecule has 6 rings (SSSR count). The molecule has 2 aromatic heterocycles. The third kappa shape index (κ3) is 7.50. The second-order valence-corrected chi connectivity index (χ2v) is 16.6. The Bertz CT molecular complexity index is 1820. The molecule has 1 unspecified atom stereocenters. The van der Waals surface area contributed by atoms with Gasteiger partial charge >= 0.3 is 6.09 Å². The van der Waals surface area contributed by atoms with Crippen molar-refractivity contribution in [1.82, 2.24) is 29.2 Å². The third-order valence-electron chi connectivity index (χ3n) is 8.56. The Morgan fingerprint density at radius 2 is 1.90 bits per heavy atom. The minimum Gasteiger partial charge on any atom is -0.444 e. The Morgan fingerprint density at radius 3 is 2.56 bits per heavy atom. The standard InChI is InChI=1S/C32H43N9O5S2/c1-20-14-26(47-27(20)30(42)35-23-9-12-40(13-10-23)48(6,44)45)37-28-29-33-16-25(22-15-34-38(5)17-22)41(29)19-24(36-28)21-8-7-11-39(18-21)31(43)46-32(2,3)4/h8,14-15,17,19,23,25H,7,9-13,16,18H2,1-6H3,(H,35,42)(H,36,37). The van der Waals surface area contributed by atoms with E-state index >= 15 is 0 Å². The lowest BCUT2D eigenvalue weighted by molar-refractivity contribution is 0.0263. The highest BCUT2D eigenvalue weighted by atomic mass is 32.2. The first-order valence-corrected chi connectivity index (χ1v) is 18.7. The molecule has 0 saturated carbocycles. The molecule has 2 aromatic rings. The number of aryl methyl sites for hydroxylation is 2. The number of nitrogens with one attached hydrogen (secondary N) is 2. The van der Waals surface area contributed by atoms with Crippen molar-refractivity contribution < 1.29 is 22.7 Å². The topological polar surface area (TPSA) is 154 Å². The maximum absolute atomic E-state index is 13.3. The van der Waals surface area contributed by atoms with E-state index in [1.54, 1.807) is 9.58 Å². The number of ether oxygens (including phenoxy) is 1. The maximum atomic E-state index is 13.3. The number of thiophene rings is 1. The number of piperidine rings is 1. The first kappa shape index (κ1) is 33.9. The lowest BCUT2D eigenvalue weighted by atomic mass is 10.1. The number of carbonyl (C=O) groups is 2. The molecule has 1 saturated heterocycles. The van der Waals surface area contributed by atoms with Crippen LogP contribution in [0, 0.1) is 6.92 Å². The summed E-state index contributed by atoms with van der Waals surface area (Å²) in [6.45, 7) is 9.69. The summed E-state index contributed by atoms with van der Waals surface area (Å²) >= 11 is 1.34. The Kier molecular flexibility index (Phi) is 9.26. The van der Waals surface area contributed by atoms with Crippen LogP contribution in [0.2, 0.25) is 0 Å². The van der Waals surface area contributed by atoms with Crippen molar-refractivity contribution in [2.75, 3.05) is 44.3 Å². The molecule has 2 amide bonds. The predicted octanol–water partition coefficient (Wildman–Crippen LogP) is 3.63. The summed E-state index contributed by atoms with van der Waals surface area (Å²) in [5.41, 5.74) is 2.87. The highest BCUT2D eigenvalue weighted by Crippen LogP contribution is 2.34. The molecule has 6 heterocycles. The van der Waals surface area contributed by atoms with Crippen molar-refractivity contribution in [3.63, 3.8) is 0 Å². The highest BCUT2D eigenvalue weighted by molar-refractivity contribution is 7.88. The average Bonchev–Trinajstić information content (AvgIpc) is 3.74. The predicted molar refractivity (Wildman–Crippen MR) is 186 cm³/mol. The van der Waals surface area contributed by atoms with Crippen molar-refractivity contribution in [1.29, 1.82) is 0 Å². The summed E-state index contributed by atoms with van der Waals surface area (Å²) in [6, 6.07) is 1.75. The molecule has 4 aliphatic rings. The molecule has 2 N–H and O–H groups in total. The van der Waals surface area contributed by atoms with Gasteiger partial charge in [-0.1, -0.05) is 6.08 Å². The third-order valence-corrected chi connectivity index (χ3v) is 11.0. The maximum Gasteiger partial charge on any atom is 0.410 e. The summed E-state index contributed by atoms with van der Waals surface area (Å²) in [5.74, 6) is 1.05. The number of amides is 2. The number of amidine groups is 2. The summed E-state index contributed by atoms with van der Waals surface area (Å²) in [5, 5.41) is 11.7. The van der Waals surface area contributed by atoms with E-state index in [1.165, 1.54) is 21.9 Å². The molecule has 48 heavy (non-hydrogen) atoms. The van der Waals surface area contributed by atoms with Crippen LogP contribution in [0.4, 0.5) is 9.80 Å². The number of sulfonamides is 1. The van der Waals surface area contributed by atoms with E-state index in [0.717, 1.165) is 21.7 Å². The number of rotatable bonds is 6. The van der Waals surface area contributed by atoms with Gasteiger partial charge in [0.05, 0.1) is 47.2 Å². The number of nitrogens with zero attached hydrogens (tertiary/aromatic N) is 7. The normalized spacial score (nSPS) is 20.8. The first-order valence-electron chi connectivity index (χ1n) is 16.1. The monoisotopic (exact) mass is 697 g/mol. The van der Waals surface area contributed by atoms with Gasteiger partial charge in [-0.25, -0.2) is 22.5 Å². The molecular formula is C32H43N9O5S2. The van der Waals surface area contributed by atoms with E-state index in [9.17, 15) is 18.0 Å². The smallest absolute Gasteiger partial charge is 0.410 e. The van der Waals surface area contributed by atoms with Gasteiger partial charge in [-0.2, -0.15) is 5.10 Å². The summed E-state index contributed by atoms with van der Waals surface area (Å²) in [7, 11) is -1.36. The van der Waals surface area contributed by atoms with E-state index in [0.29, 0.717) is 74.2 Å². The molecule has 0 aromatic carbocycles. The van der Waals surface area contributed by atoms with Gasteiger partial charge in [0.15, 0.2) is 11.7 Å². The minimum atomic E-state index is -3.24. The molecule has 1 fully saturated rings. The molecule has 16 heteroatoms. The summed E-state index contributed by atoms with van der Waals surface area (Å²) in [4.78, 5) is 40.6. The van der Waals surface area contributed by atoms with Crippen LogP contribution < -0.4 is 10.6 Å². The van der Waals surface area contributed by atoms with Gasteiger partial charge in [0, 0.05) is 50.7 Å². The van der Waals surface area contributed by atoms with Gasteiger partial charge in [0.2, 0.25) is 10.0 Å². The van der Waals surface area contributed by atoms with E-state index in [4.69, 9.17) is 14.7 Å². The van der Waals surface area contributed by atoms with Crippen LogP contribution in [0.1, 0.15) is 66.9 Å². The molecule has 0 bridgehead atoms. The fourth-order valence-electron chi connectivity index (χ4n) is 6.17. The van der Waals surface area contributed by atoms with Gasteiger partial charge in [-0.3, -0.25) is 14.5 Å². The first-order chi connectivity index (χ1) is 22.6. The zero-order chi connectivity index (χ0) is 34.4. The Balaban J connectivity index is 1.22. The number of fused-ring (bicyclic) bond motifs is 1. The van der Waals surface area contributed by atoms with Crippen LogP contribution in [-0.4, -0.2) is 107 Å². The van der Waals surface area contributed by atoms with Crippen molar-refractivity contribution in [3.8, 4) is 0 Å². The van der Waals surface area contributed by atoms with Crippen molar-refractivity contribution in [3.05, 3.63) is 58.0 Å². The van der Waals surface area contributed by atoms with Gasteiger partial charge in [-0.05, 0) is 64.2 Å². The largest absolute Gasteiger partial charge is 0.444 e. The number of hydrogen-bond donors (Lipinski definition) is 2. The SMILES string of the molecule is Cc1cc(NC2=NC(C3=CCCN(C(=O)OC(C)(C)C)C3)=CN3C2=NCC3c2cnn(C)c2)sc1C(=O)NC1CCN(S(C)(=O)=O)CC1. The van der Waals surface area contributed by atoms with Crippen LogP contribution in [0.15, 0.2) is 52.0 Å². The fraction of sp³-hybridized carbons (Fsp3) is 0.531. The number of hydrogen-bond acceptors (Lipinski definition) is 11. The highest BCUT2D eigenvalue weighted by Gasteiger charge is 2.36. The molecule has 0 radical (unpaired) electrons. The zero-order valence-corrected chi connectivity index (χ0v) is 29.8. The summed E-state index contributed by atoms with van der Waals surface area (Å²) < 4.78 is 32.6. The van der Waals surface area contributed by atoms with Crippen molar-refractivity contribution in [2.24, 2.45) is 17.0 Å². The second-order valence-electron chi connectivity index (χ2n) is 13.6. The number of carbonyl (C=O) groups excluding carboxylic acids is 2. The summed E-state index contributed by atoms with van der Waals surface area (Å²) in [6.07, 6.45) is 10.6. The van der Waals surface area contributed by atoms with E-state index in [-0.39, 0.29) is 24.1 Å². The van der Waals surface area contributed by atoms with Crippen molar-refractivity contribution >= 4 is 50.0 Å². The molecule has 258 valence electrons. The van der Waals surface area contributed by atoms with Gasteiger partial charge in [0.25, 0.3) is 5.91 Å². The van der Waals surface area contributed by atoms with Gasteiger partial charge in [-0.15, -0.1) is 11.3 Å². The Morgan fingerprint density at radius 1 is 1.15 bits per heavy atom. The molecule has 0 spiro atoms. The van der Waals surface area contributed by atoms with Crippen molar-refractivity contribution in [2.45, 2.75) is 64.6 Å². The second kappa shape index (κ2) is 13.1. The quantitative estimate of drug-likeness (QED) is 0.464. The van der Waals surface area contributed by atoms with Crippen LogP contribution in [-0.2, 0) is 21.8 Å². The van der Waals surface area contributed by atoms with Crippen LogP contribution in [0.5, 0.6) is 0 Å². The zero-order valence-electron chi connectivity index (χ0n) is 28.2. The van der Waals surface area contributed by atoms with Crippen LogP contribution in [0.3, 0.4) is 0 Å². The van der Waals surface area contributed by atoms with E-state index in [2.05, 4.69) is 26.7 Å². The average molecular weight is 698 g/mol. The Hall–Kier alpha value is -4.02. The number of anilines is 1. The lowest BCUT2D eigenvalue weighted by Crippen LogP contribution is -2.46. The molecule has 14 nitrogen and oxygen atoms in total.